The summed E-state index contributed by atoms with van der Waals surface area (Å²) in [4.78, 5) is 48.2. The van der Waals surface area contributed by atoms with Gasteiger partial charge in [0.25, 0.3) is 0 Å². The molecule has 3 N–H and O–H groups in total. The van der Waals surface area contributed by atoms with Crippen LogP contribution in [0.5, 0.6) is 0 Å². The van der Waals surface area contributed by atoms with Crippen molar-refractivity contribution >= 4 is 23.4 Å². The highest BCUT2D eigenvalue weighted by molar-refractivity contribution is 6.25. The van der Waals surface area contributed by atoms with Crippen LogP contribution in [0.4, 0.5) is 0 Å². The van der Waals surface area contributed by atoms with Crippen molar-refractivity contribution in [1.29, 1.82) is 0 Å². The van der Waals surface area contributed by atoms with E-state index >= 15 is 0 Å². The third-order valence-corrected chi connectivity index (χ3v) is 5.60. The molecule has 0 aromatic rings. The third-order valence-electron chi connectivity index (χ3n) is 5.60. The van der Waals surface area contributed by atoms with Gasteiger partial charge in [-0.3, -0.25) is 19.2 Å². The number of ketones is 2. The molecule has 0 spiro atoms. The molecule has 186 valence electrons. The molecule has 1 rings (SSSR count). The summed E-state index contributed by atoms with van der Waals surface area (Å²) >= 11 is 0. The summed E-state index contributed by atoms with van der Waals surface area (Å²) in [6.07, 6.45) is -0.278. The molecule has 0 saturated carbocycles. The van der Waals surface area contributed by atoms with Gasteiger partial charge in [0.1, 0.15) is 0 Å². The number of ether oxygens (including phenoxy) is 2. The maximum atomic E-state index is 12.8. The fourth-order valence-corrected chi connectivity index (χ4v) is 3.74. The Labute approximate surface area is 196 Å². The van der Waals surface area contributed by atoms with Crippen LogP contribution in [0, 0.1) is 5.41 Å². The second-order valence-corrected chi connectivity index (χ2v) is 8.96. The first-order valence-corrected chi connectivity index (χ1v) is 11.2. The quantitative estimate of drug-likeness (QED) is 0.246. The SMILES string of the molecule is CC1=C(C)C(=O)C(C(C)(C)CC(=O)NCCNCCOCCOC(C)CC(=O)O)=C(C)C1=O. The predicted octanol–water partition coefficient (Wildman–Crippen LogP) is 1.81. The van der Waals surface area contributed by atoms with Crippen molar-refractivity contribution in [3.63, 3.8) is 0 Å². The molecule has 0 aliphatic heterocycles. The Hall–Kier alpha value is -2.36. The molecule has 1 aliphatic carbocycles. The molecule has 1 atom stereocenters. The molecular weight excluding hydrogens is 428 g/mol. The van der Waals surface area contributed by atoms with Crippen molar-refractivity contribution < 1.29 is 33.8 Å². The summed E-state index contributed by atoms with van der Waals surface area (Å²) < 4.78 is 10.7. The smallest absolute Gasteiger partial charge is 0.305 e. The van der Waals surface area contributed by atoms with Crippen LogP contribution < -0.4 is 10.6 Å². The first-order valence-electron chi connectivity index (χ1n) is 11.2. The molecule has 0 radical (unpaired) electrons. The van der Waals surface area contributed by atoms with E-state index in [0.717, 1.165) is 0 Å². The highest BCUT2D eigenvalue weighted by Gasteiger charge is 2.38. The fourth-order valence-electron chi connectivity index (χ4n) is 3.74. The lowest BCUT2D eigenvalue weighted by atomic mass is 9.71. The normalized spacial score (nSPS) is 15.8. The minimum absolute atomic E-state index is 0.0353. The molecule has 1 unspecified atom stereocenters. The molecule has 9 heteroatoms. The van der Waals surface area contributed by atoms with Crippen molar-refractivity contribution in [2.75, 3.05) is 39.5 Å². The Kier molecular flexibility index (Phi) is 11.6. The zero-order valence-electron chi connectivity index (χ0n) is 20.6. The topological polar surface area (TPSA) is 131 Å². The molecule has 1 aliphatic rings. The Morgan fingerprint density at radius 1 is 0.939 bits per heavy atom. The Bertz CT molecular complexity index is 812. The number of aliphatic carboxylic acids is 1. The van der Waals surface area contributed by atoms with Crippen LogP contribution in [-0.4, -0.2) is 74.1 Å². The van der Waals surface area contributed by atoms with Crippen LogP contribution >= 0.6 is 0 Å². The van der Waals surface area contributed by atoms with Crippen LogP contribution in [0.3, 0.4) is 0 Å². The fraction of sp³-hybridized carbons (Fsp3) is 0.667. The second-order valence-electron chi connectivity index (χ2n) is 8.96. The summed E-state index contributed by atoms with van der Waals surface area (Å²) in [5, 5.41) is 14.6. The average Bonchev–Trinajstić information content (AvgIpc) is 2.71. The van der Waals surface area contributed by atoms with Crippen LogP contribution in [0.2, 0.25) is 0 Å². The Morgan fingerprint density at radius 3 is 2.21 bits per heavy atom. The largest absolute Gasteiger partial charge is 0.481 e. The predicted molar refractivity (Wildman–Crippen MR) is 124 cm³/mol. The summed E-state index contributed by atoms with van der Waals surface area (Å²) in [7, 11) is 0. The van der Waals surface area contributed by atoms with Gasteiger partial charge < -0.3 is 25.2 Å². The van der Waals surface area contributed by atoms with Gasteiger partial charge in [-0.2, -0.15) is 0 Å². The lowest BCUT2D eigenvalue weighted by molar-refractivity contribution is -0.140. The maximum absolute atomic E-state index is 12.8. The zero-order chi connectivity index (χ0) is 25.2. The van der Waals surface area contributed by atoms with Crippen LogP contribution in [-0.2, 0) is 28.7 Å². The van der Waals surface area contributed by atoms with Gasteiger partial charge in [-0.1, -0.05) is 13.8 Å². The Balaban J connectivity index is 2.26. The van der Waals surface area contributed by atoms with E-state index in [2.05, 4.69) is 10.6 Å². The van der Waals surface area contributed by atoms with Crippen LogP contribution in [0.1, 0.15) is 54.4 Å². The third kappa shape index (κ3) is 9.19. The van der Waals surface area contributed by atoms with E-state index < -0.39 is 11.4 Å². The van der Waals surface area contributed by atoms with Gasteiger partial charge in [-0.25, -0.2) is 0 Å². The minimum atomic E-state index is -0.893. The highest BCUT2D eigenvalue weighted by Crippen LogP contribution is 2.38. The van der Waals surface area contributed by atoms with Gasteiger partial charge >= 0.3 is 5.97 Å². The van der Waals surface area contributed by atoms with E-state index in [1.165, 1.54) is 0 Å². The van der Waals surface area contributed by atoms with E-state index in [9.17, 15) is 19.2 Å². The highest BCUT2D eigenvalue weighted by atomic mass is 16.5. The number of carbonyl (C=O) groups excluding carboxylic acids is 3. The van der Waals surface area contributed by atoms with Crippen molar-refractivity contribution in [3.05, 3.63) is 22.3 Å². The lowest BCUT2D eigenvalue weighted by Crippen LogP contribution is -2.37. The van der Waals surface area contributed by atoms with Crippen molar-refractivity contribution in [3.8, 4) is 0 Å². The summed E-state index contributed by atoms with van der Waals surface area (Å²) in [5.41, 5.74) is 0.999. The number of allylic oxidation sites excluding steroid dienone is 4. The van der Waals surface area contributed by atoms with Gasteiger partial charge in [0.05, 0.1) is 32.3 Å². The van der Waals surface area contributed by atoms with E-state index in [1.807, 2.05) is 13.8 Å². The lowest BCUT2D eigenvalue weighted by Gasteiger charge is -2.31. The van der Waals surface area contributed by atoms with E-state index in [-0.39, 0.29) is 36.4 Å². The summed E-state index contributed by atoms with van der Waals surface area (Å²) in [6, 6.07) is 0. The van der Waals surface area contributed by atoms with Crippen LogP contribution in [0.15, 0.2) is 22.3 Å². The molecule has 0 heterocycles. The zero-order valence-corrected chi connectivity index (χ0v) is 20.6. The van der Waals surface area contributed by atoms with E-state index in [0.29, 0.717) is 61.7 Å². The number of Topliss-reactive ketones (excluding diaryl/α,β-unsaturated/α-hetero) is 2. The standard InChI is InChI=1S/C24H38N2O7/c1-15(13-20(28)29)33-12-11-32-10-9-25-7-8-26-19(27)14-24(5,6)21-18(4)22(30)16(2)17(3)23(21)31/h15,25H,7-14H2,1-6H3,(H,26,27)(H,28,29). The number of carboxylic acid groups (broad SMARTS) is 1. The first-order chi connectivity index (χ1) is 15.4. The van der Waals surface area contributed by atoms with Gasteiger partial charge in [0.2, 0.25) is 5.91 Å². The number of nitrogens with one attached hydrogen (secondary N) is 2. The molecule has 0 bridgehead atoms. The number of hydrogen-bond acceptors (Lipinski definition) is 7. The van der Waals surface area contributed by atoms with Crippen molar-refractivity contribution in [1.82, 2.24) is 10.6 Å². The van der Waals surface area contributed by atoms with E-state index in [4.69, 9.17) is 14.6 Å². The molecule has 33 heavy (non-hydrogen) atoms. The molecule has 0 aromatic heterocycles. The van der Waals surface area contributed by atoms with Crippen molar-refractivity contribution in [2.45, 2.75) is 60.5 Å². The Morgan fingerprint density at radius 2 is 1.58 bits per heavy atom. The summed E-state index contributed by atoms with van der Waals surface area (Å²) in [5.74, 6) is -1.38. The number of rotatable bonds is 15. The molecule has 9 nitrogen and oxygen atoms in total. The number of carbonyl (C=O) groups is 4. The minimum Gasteiger partial charge on any atom is -0.481 e. The van der Waals surface area contributed by atoms with Gasteiger partial charge in [-0.05, 0) is 27.7 Å². The number of amides is 1. The molecular formula is C24H38N2O7. The molecule has 1 amide bonds. The monoisotopic (exact) mass is 466 g/mol. The molecule has 0 saturated heterocycles. The van der Waals surface area contributed by atoms with E-state index in [1.54, 1.807) is 27.7 Å². The van der Waals surface area contributed by atoms with Crippen LogP contribution in [0.25, 0.3) is 0 Å². The number of carboxylic acids is 1. The summed E-state index contributed by atoms with van der Waals surface area (Å²) in [6.45, 7) is 13.0. The second kappa shape index (κ2) is 13.4. The van der Waals surface area contributed by atoms with Crippen molar-refractivity contribution in [2.24, 2.45) is 5.41 Å². The van der Waals surface area contributed by atoms with Gasteiger partial charge in [0, 0.05) is 53.8 Å². The van der Waals surface area contributed by atoms with Gasteiger partial charge in [-0.15, -0.1) is 0 Å². The number of hydrogen-bond donors (Lipinski definition) is 3. The first kappa shape index (κ1) is 28.7. The molecule has 0 aromatic carbocycles. The van der Waals surface area contributed by atoms with Gasteiger partial charge in [0.15, 0.2) is 11.6 Å². The average molecular weight is 467 g/mol. The molecule has 0 fully saturated rings. The maximum Gasteiger partial charge on any atom is 0.305 e.